The Labute approximate surface area is 145 Å². The number of benzene rings is 1. The topological polar surface area (TPSA) is 85.2 Å². The summed E-state index contributed by atoms with van der Waals surface area (Å²) in [6, 6.07) is 6.25. The van der Waals surface area contributed by atoms with Crippen LogP contribution in [-0.2, 0) is 29.0 Å². The molecule has 0 spiro atoms. The van der Waals surface area contributed by atoms with E-state index in [1.807, 2.05) is 0 Å². The van der Waals surface area contributed by atoms with Crippen LogP contribution in [0.4, 0.5) is 4.39 Å². The maximum Gasteiger partial charge on any atom is 0.241 e. The van der Waals surface area contributed by atoms with Gasteiger partial charge in [-0.25, -0.2) is 9.07 Å². The molecule has 0 bridgehead atoms. The van der Waals surface area contributed by atoms with Gasteiger partial charge in [-0.1, -0.05) is 12.1 Å². The maximum atomic E-state index is 12.9. The molecule has 0 aliphatic carbocycles. The molecule has 8 nitrogen and oxygen atoms in total. The molecule has 9 heteroatoms. The smallest absolute Gasteiger partial charge is 0.241 e. The molecule has 25 heavy (non-hydrogen) atoms. The van der Waals surface area contributed by atoms with E-state index in [-0.39, 0.29) is 18.3 Å². The minimum absolute atomic E-state index is 0.0795. The second kappa shape index (κ2) is 8.63. The van der Waals surface area contributed by atoms with Crippen molar-refractivity contribution in [3.8, 4) is 0 Å². The van der Waals surface area contributed by atoms with Crippen LogP contribution in [-0.4, -0.2) is 63.9 Å². The van der Waals surface area contributed by atoms with Gasteiger partial charge in [0.15, 0.2) is 5.82 Å². The Morgan fingerprint density at radius 1 is 1.24 bits per heavy atom. The van der Waals surface area contributed by atoms with Gasteiger partial charge in [0, 0.05) is 19.6 Å². The van der Waals surface area contributed by atoms with Gasteiger partial charge in [-0.15, -0.1) is 5.10 Å². The summed E-state index contributed by atoms with van der Waals surface area (Å²) in [5.41, 5.74) is 0.970. The first-order chi connectivity index (χ1) is 12.2. The SMILES string of the molecule is O=C(Cn1nnnc1CN1CCOCC1)NCCc1ccc(F)cc1. The highest BCUT2D eigenvalue weighted by Gasteiger charge is 2.16. The van der Waals surface area contributed by atoms with Crippen LogP contribution in [0.3, 0.4) is 0 Å². The minimum atomic E-state index is -0.265. The molecule has 3 rings (SSSR count). The number of carbonyl (C=O) groups is 1. The Kier molecular flexibility index (Phi) is 6.02. The Bertz CT molecular complexity index is 684. The molecule has 1 aliphatic rings. The van der Waals surface area contributed by atoms with Gasteiger partial charge in [-0.2, -0.15) is 0 Å². The normalized spacial score (nSPS) is 15.2. The largest absolute Gasteiger partial charge is 0.379 e. The molecule has 1 N–H and O–H groups in total. The first kappa shape index (κ1) is 17.4. The second-order valence-corrected chi connectivity index (χ2v) is 5.87. The van der Waals surface area contributed by atoms with E-state index in [0.717, 1.165) is 18.7 Å². The van der Waals surface area contributed by atoms with E-state index in [1.165, 1.54) is 16.8 Å². The number of nitrogens with one attached hydrogen (secondary N) is 1. The van der Waals surface area contributed by atoms with Crippen molar-refractivity contribution in [2.24, 2.45) is 0 Å². The number of halogens is 1. The summed E-state index contributed by atoms with van der Waals surface area (Å²) in [5, 5.41) is 14.4. The van der Waals surface area contributed by atoms with Crippen LogP contribution in [0.25, 0.3) is 0 Å². The molecule has 0 unspecified atom stereocenters. The molecule has 134 valence electrons. The van der Waals surface area contributed by atoms with Gasteiger partial charge in [0.1, 0.15) is 12.4 Å². The van der Waals surface area contributed by atoms with Crippen LogP contribution in [0.15, 0.2) is 24.3 Å². The van der Waals surface area contributed by atoms with Crippen molar-refractivity contribution < 1.29 is 13.9 Å². The van der Waals surface area contributed by atoms with E-state index in [0.29, 0.717) is 38.5 Å². The van der Waals surface area contributed by atoms with Crippen molar-refractivity contribution >= 4 is 5.91 Å². The van der Waals surface area contributed by atoms with Gasteiger partial charge < -0.3 is 10.1 Å². The fraction of sp³-hybridized carbons (Fsp3) is 0.500. The summed E-state index contributed by atoms with van der Waals surface area (Å²) < 4.78 is 19.7. The van der Waals surface area contributed by atoms with Gasteiger partial charge in [0.25, 0.3) is 0 Å². The molecule has 0 radical (unpaired) electrons. The predicted octanol–water partition coefficient (Wildman–Crippen LogP) is 0.00330. The molecule has 1 aliphatic heterocycles. The molecule has 1 amide bonds. The van der Waals surface area contributed by atoms with Crippen LogP contribution >= 0.6 is 0 Å². The van der Waals surface area contributed by atoms with Crippen LogP contribution in [0, 0.1) is 5.82 Å². The Morgan fingerprint density at radius 2 is 2.00 bits per heavy atom. The zero-order valence-corrected chi connectivity index (χ0v) is 13.9. The number of carbonyl (C=O) groups excluding carboxylic acids is 1. The number of hydrogen-bond acceptors (Lipinski definition) is 6. The number of nitrogens with zero attached hydrogens (tertiary/aromatic N) is 5. The molecule has 0 atom stereocenters. The predicted molar refractivity (Wildman–Crippen MR) is 87.0 cm³/mol. The molecule has 1 aromatic carbocycles. The van der Waals surface area contributed by atoms with Crippen LogP contribution in [0.5, 0.6) is 0 Å². The third-order valence-electron chi connectivity index (χ3n) is 4.02. The first-order valence-electron chi connectivity index (χ1n) is 8.27. The van der Waals surface area contributed by atoms with Gasteiger partial charge >= 0.3 is 0 Å². The highest BCUT2D eigenvalue weighted by molar-refractivity contribution is 5.75. The number of aromatic nitrogens is 4. The van der Waals surface area contributed by atoms with Crippen molar-refractivity contribution in [3.05, 3.63) is 41.5 Å². The van der Waals surface area contributed by atoms with Crippen molar-refractivity contribution in [2.75, 3.05) is 32.8 Å². The lowest BCUT2D eigenvalue weighted by Gasteiger charge is -2.25. The van der Waals surface area contributed by atoms with E-state index in [9.17, 15) is 9.18 Å². The number of ether oxygens (including phenoxy) is 1. The Balaban J connectivity index is 1.44. The second-order valence-electron chi connectivity index (χ2n) is 5.87. The van der Waals surface area contributed by atoms with Gasteiger partial charge in [0.05, 0.1) is 19.8 Å². The summed E-state index contributed by atoms with van der Waals surface area (Å²) in [6.07, 6.45) is 0.641. The molecule has 2 aromatic rings. The number of hydrogen-bond donors (Lipinski definition) is 1. The third kappa shape index (κ3) is 5.30. The third-order valence-corrected chi connectivity index (χ3v) is 4.02. The lowest BCUT2D eigenvalue weighted by Crippen LogP contribution is -2.37. The fourth-order valence-electron chi connectivity index (χ4n) is 2.61. The zero-order chi connectivity index (χ0) is 17.5. The van der Waals surface area contributed by atoms with Gasteiger partial charge in [0.2, 0.25) is 5.91 Å². The maximum absolute atomic E-state index is 12.9. The van der Waals surface area contributed by atoms with Crippen molar-refractivity contribution in [1.82, 2.24) is 30.4 Å². The molecular weight excluding hydrogens is 327 g/mol. The molecule has 2 heterocycles. The minimum Gasteiger partial charge on any atom is -0.379 e. The summed E-state index contributed by atoms with van der Waals surface area (Å²) in [4.78, 5) is 14.3. The molecule has 0 saturated carbocycles. The standard InChI is InChI=1S/C16H21FN6O2/c17-14-3-1-13(2-4-14)5-6-18-16(24)12-23-15(19-20-21-23)11-22-7-9-25-10-8-22/h1-4H,5-12H2,(H,18,24). The van der Waals surface area contributed by atoms with E-state index >= 15 is 0 Å². The molecule has 1 saturated heterocycles. The number of morpholine rings is 1. The Morgan fingerprint density at radius 3 is 2.76 bits per heavy atom. The van der Waals surface area contributed by atoms with Crippen LogP contribution in [0.2, 0.25) is 0 Å². The highest BCUT2D eigenvalue weighted by Crippen LogP contribution is 2.04. The molecular formula is C16H21FN6O2. The summed E-state index contributed by atoms with van der Waals surface area (Å²) in [7, 11) is 0. The fourth-order valence-corrected chi connectivity index (χ4v) is 2.61. The quantitative estimate of drug-likeness (QED) is 0.758. The van der Waals surface area contributed by atoms with Crippen molar-refractivity contribution in [1.29, 1.82) is 0 Å². The average molecular weight is 348 g/mol. The van der Waals surface area contributed by atoms with E-state index < -0.39 is 0 Å². The van der Waals surface area contributed by atoms with Gasteiger partial charge in [-0.3, -0.25) is 9.69 Å². The average Bonchev–Trinajstić information content (AvgIpc) is 3.04. The van der Waals surface area contributed by atoms with Crippen LogP contribution < -0.4 is 5.32 Å². The summed E-state index contributed by atoms with van der Waals surface area (Å²) in [6.45, 7) is 4.21. The first-order valence-corrected chi connectivity index (χ1v) is 8.27. The van der Waals surface area contributed by atoms with Crippen LogP contribution in [0.1, 0.15) is 11.4 Å². The van der Waals surface area contributed by atoms with E-state index in [1.54, 1.807) is 12.1 Å². The lowest BCUT2D eigenvalue weighted by molar-refractivity contribution is -0.121. The molecule has 1 fully saturated rings. The number of rotatable bonds is 7. The number of amides is 1. The lowest BCUT2D eigenvalue weighted by atomic mass is 10.1. The van der Waals surface area contributed by atoms with Crippen molar-refractivity contribution in [3.63, 3.8) is 0 Å². The zero-order valence-electron chi connectivity index (χ0n) is 13.9. The van der Waals surface area contributed by atoms with E-state index in [4.69, 9.17) is 4.74 Å². The monoisotopic (exact) mass is 348 g/mol. The molecule has 1 aromatic heterocycles. The summed E-state index contributed by atoms with van der Waals surface area (Å²) in [5.74, 6) is 0.243. The van der Waals surface area contributed by atoms with Gasteiger partial charge in [-0.05, 0) is 34.5 Å². The van der Waals surface area contributed by atoms with E-state index in [2.05, 4.69) is 25.7 Å². The Hall–Kier alpha value is -2.39. The van der Waals surface area contributed by atoms with Crippen molar-refractivity contribution in [2.45, 2.75) is 19.5 Å². The highest BCUT2D eigenvalue weighted by atomic mass is 19.1. The summed E-state index contributed by atoms with van der Waals surface area (Å²) >= 11 is 0. The number of tetrazole rings is 1.